The predicted octanol–water partition coefficient (Wildman–Crippen LogP) is 3.01. The molecule has 0 N–H and O–H groups in total. The van der Waals surface area contributed by atoms with Crippen molar-refractivity contribution in [2.45, 2.75) is 20.3 Å². The van der Waals surface area contributed by atoms with Gasteiger partial charge in [0, 0.05) is 11.1 Å². The number of alkyl halides is 2. The van der Waals surface area contributed by atoms with E-state index in [2.05, 4.69) is 0 Å². The quantitative estimate of drug-likeness (QED) is 0.702. The number of nitriles is 1. The van der Waals surface area contributed by atoms with Gasteiger partial charge in [0.2, 0.25) is 0 Å². The molecule has 4 heteroatoms. The van der Waals surface area contributed by atoms with Gasteiger partial charge in [-0.25, -0.2) is 8.78 Å². The SMILES string of the molecule is CC(=O)c1cc(C(F)F)c(C#N)cc1C. The van der Waals surface area contributed by atoms with E-state index >= 15 is 0 Å². The number of carbonyl (C=O) groups is 1. The van der Waals surface area contributed by atoms with Crippen LogP contribution in [0.25, 0.3) is 0 Å². The van der Waals surface area contributed by atoms with Crippen molar-refractivity contribution in [3.63, 3.8) is 0 Å². The fourth-order valence-electron chi connectivity index (χ4n) is 1.38. The highest BCUT2D eigenvalue weighted by Crippen LogP contribution is 2.26. The van der Waals surface area contributed by atoms with Crippen LogP contribution in [0.15, 0.2) is 12.1 Å². The van der Waals surface area contributed by atoms with Crippen molar-refractivity contribution < 1.29 is 13.6 Å². The molecular weight excluding hydrogens is 200 g/mol. The molecule has 0 aromatic heterocycles. The highest BCUT2D eigenvalue weighted by atomic mass is 19.3. The minimum atomic E-state index is -2.74. The van der Waals surface area contributed by atoms with Crippen LogP contribution in [0.4, 0.5) is 8.78 Å². The lowest BCUT2D eigenvalue weighted by molar-refractivity contribution is 0.101. The second-order valence-corrected chi connectivity index (χ2v) is 3.22. The van der Waals surface area contributed by atoms with Crippen LogP contribution in [0.1, 0.15) is 40.4 Å². The number of ketones is 1. The molecule has 1 aromatic rings. The van der Waals surface area contributed by atoms with Gasteiger partial charge in [-0.3, -0.25) is 4.79 Å². The number of hydrogen-bond donors (Lipinski definition) is 0. The van der Waals surface area contributed by atoms with Crippen LogP contribution in [0.3, 0.4) is 0 Å². The molecule has 0 fully saturated rings. The van der Waals surface area contributed by atoms with Gasteiger partial charge in [-0.1, -0.05) is 0 Å². The molecule has 2 nitrogen and oxygen atoms in total. The van der Waals surface area contributed by atoms with Crippen LogP contribution < -0.4 is 0 Å². The Morgan fingerprint density at radius 2 is 2.07 bits per heavy atom. The molecule has 0 saturated carbocycles. The molecule has 0 radical (unpaired) electrons. The molecule has 1 aromatic carbocycles. The van der Waals surface area contributed by atoms with Gasteiger partial charge >= 0.3 is 0 Å². The summed E-state index contributed by atoms with van der Waals surface area (Å²) in [6.07, 6.45) is -2.74. The van der Waals surface area contributed by atoms with E-state index in [9.17, 15) is 13.6 Å². The summed E-state index contributed by atoms with van der Waals surface area (Å²) in [7, 11) is 0. The zero-order valence-electron chi connectivity index (χ0n) is 8.34. The zero-order valence-corrected chi connectivity index (χ0v) is 8.34. The first kappa shape index (κ1) is 11.3. The third-order valence-corrected chi connectivity index (χ3v) is 2.13. The van der Waals surface area contributed by atoms with Crippen molar-refractivity contribution in [3.8, 4) is 6.07 Å². The first-order valence-corrected chi connectivity index (χ1v) is 4.31. The first-order chi connectivity index (χ1) is 6.97. The van der Waals surface area contributed by atoms with Gasteiger partial charge in [0.25, 0.3) is 6.43 Å². The van der Waals surface area contributed by atoms with Crippen molar-refractivity contribution in [2.75, 3.05) is 0 Å². The summed E-state index contributed by atoms with van der Waals surface area (Å²) in [5.41, 5.74) is 0.327. The topological polar surface area (TPSA) is 40.9 Å². The van der Waals surface area contributed by atoms with Gasteiger partial charge in [0.05, 0.1) is 11.6 Å². The summed E-state index contributed by atoms with van der Waals surface area (Å²) in [5, 5.41) is 8.65. The molecule has 0 bridgehead atoms. The Morgan fingerprint density at radius 3 is 2.47 bits per heavy atom. The Kier molecular flexibility index (Phi) is 3.15. The van der Waals surface area contributed by atoms with Crippen molar-refractivity contribution in [2.24, 2.45) is 0 Å². The molecule has 0 unspecified atom stereocenters. The van der Waals surface area contributed by atoms with E-state index < -0.39 is 6.43 Å². The highest BCUT2D eigenvalue weighted by molar-refractivity contribution is 5.95. The Morgan fingerprint density at radius 1 is 1.47 bits per heavy atom. The first-order valence-electron chi connectivity index (χ1n) is 4.31. The second kappa shape index (κ2) is 4.18. The average Bonchev–Trinajstić information content (AvgIpc) is 2.16. The maximum absolute atomic E-state index is 12.5. The number of carbonyl (C=O) groups excluding carboxylic acids is 1. The van der Waals surface area contributed by atoms with Crippen LogP contribution in [0, 0.1) is 18.3 Å². The Labute approximate surface area is 86.1 Å². The summed E-state index contributed by atoms with van der Waals surface area (Å²) < 4.78 is 25.1. The smallest absolute Gasteiger partial charge is 0.265 e. The lowest BCUT2D eigenvalue weighted by Gasteiger charge is -2.07. The second-order valence-electron chi connectivity index (χ2n) is 3.22. The number of rotatable bonds is 2. The van der Waals surface area contributed by atoms with E-state index in [-0.39, 0.29) is 22.5 Å². The van der Waals surface area contributed by atoms with Gasteiger partial charge < -0.3 is 0 Å². The monoisotopic (exact) mass is 209 g/mol. The van der Waals surface area contributed by atoms with Gasteiger partial charge in [0.15, 0.2) is 5.78 Å². The number of benzene rings is 1. The van der Waals surface area contributed by atoms with E-state index in [1.54, 1.807) is 13.0 Å². The van der Waals surface area contributed by atoms with Crippen LogP contribution in [-0.2, 0) is 0 Å². The van der Waals surface area contributed by atoms with Crippen molar-refractivity contribution in [1.82, 2.24) is 0 Å². The Balaban J connectivity index is 3.45. The van der Waals surface area contributed by atoms with Gasteiger partial charge in [-0.15, -0.1) is 0 Å². The summed E-state index contributed by atoms with van der Waals surface area (Å²) in [6.45, 7) is 2.93. The lowest BCUT2D eigenvalue weighted by Crippen LogP contribution is -2.01. The van der Waals surface area contributed by atoms with E-state index in [0.717, 1.165) is 6.07 Å². The molecule has 0 heterocycles. The number of halogens is 2. The minimum absolute atomic E-state index is 0.0764. The van der Waals surface area contributed by atoms with E-state index in [1.807, 2.05) is 0 Å². The van der Waals surface area contributed by atoms with Crippen LogP contribution in [-0.4, -0.2) is 5.78 Å². The molecule has 78 valence electrons. The van der Waals surface area contributed by atoms with Crippen LogP contribution >= 0.6 is 0 Å². The molecule has 0 spiro atoms. The van der Waals surface area contributed by atoms with E-state index in [0.29, 0.717) is 5.56 Å². The normalized spacial score (nSPS) is 10.1. The standard InChI is InChI=1S/C11H9F2NO/c1-6-3-8(5-14)10(11(12)13)4-9(6)7(2)15/h3-4,11H,1-2H3. The van der Waals surface area contributed by atoms with E-state index in [4.69, 9.17) is 5.26 Å². The van der Waals surface area contributed by atoms with Gasteiger partial charge in [-0.05, 0) is 31.5 Å². The van der Waals surface area contributed by atoms with Crippen molar-refractivity contribution in [3.05, 3.63) is 34.4 Å². The van der Waals surface area contributed by atoms with Crippen LogP contribution in [0.5, 0.6) is 0 Å². The third kappa shape index (κ3) is 2.18. The fourth-order valence-corrected chi connectivity index (χ4v) is 1.38. The summed E-state index contributed by atoms with van der Waals surface area (Å²) in [5.74, 6) is -0.279. The Bertz CT molecular complexity index is 447. The molecule has 0 aliphatic carbocycles. The lowest BCUT2D eigenvalue weighted by atomic mass is 9.98. The maximum Gasteiger partial charge on any atom is 0.265 e. The van der Waals surface area contributed by atoms with Gasteiger partial charge in [0.1, 0.15) is 0 Å². The highest BCUT2D eigenvalue weighted by Gasteiger charge is 2.16. The molecule has 0 saturated heterocycles. The van der Waals surface area contributed by atoms with Crippen molar-refractivity contribution >= 4 is 5.78 Å². The molecular formula is C11H9F2NO. The average molecular weight is 209 g/mol. The minimum Gasteiger partial charge on any atom is -0.295 e. The number of nitrogens with zero attached hydrogens (tertiary/aromatic N) is 1. The summed E-state index contributed by atoms with van der Waals surface area (Å²) in [4.78, 5) is 11.1. The maximum atomic E-state index is 12.5. The largest absolute Gasteiger partial charge is 0.295 e. The number of Topliss-reactive ketones (excluding diaryl/α,β-unsaturated/α-hetero) is 1. The van der Waals surface area contributed by atoms with Gasteiger partial charge in [-0.2, -0.15) is 5.26 Å². The molecule has 1 rings (SSSR count). The van der Waals surface area contributed by atoms with E-state index in [1.165, 1.54) is 13.0 Å². The zero-order chi connectivity index (χ0) is 11.6. The molecule has 15 heavy (non-hydrogen) atoms. The third-order valence-electron chi connectivity index (χ3n) is 2.13. The number of aryl methyl sites for hydroxylation is 1. The molecule has 0 atom stereocenters. The number of hydrogen-bond acceptors (Lipinski definition) is 2. The predicted molar refractivity (Wildman–Crippen MR) is 50.9 cm³/mol. The van der Waals surface area contributed by atoms with Crippen LogP contribution in [0.2, 0.25) is 0 Å². The molecule has 0 amide bonds. The summed E-state index contributed by atoms with van der Waals surface area (Å²) in [6, 6.07) is 4.11. The molecule has 0 aliphatic heterocycles. The Hall–Kier alpha value is -1.76. The summed E-state index contributed by atoms with van der Waals surface area (Å²) >= 11 is 0. The fraction of sp³-hybridized carbons (Fsp3) is 0.273. The molecule has 0 aliphatic rings. The van der Waals surface area contributed by atoms with Crippen molar-refractivity contribution in [1.29, 1.82) is 5.26 Å².